The van der Waals surface area contributed by atoms with Crippen LogP contribution in [-0.2, 0) is 4.79 Å². The standard InChI is InChI=1S/C12H23N3O/c1-15-6-5-11(8-15)14-12(16)9-3-2-4-10(13)7-9/h9-11H,2-8,13H2,1H3,(H,14,16). The van der Waals surface area contributed by atoms with Crippen molar-refractivity contribution in [3.8, 4) is 0 Å². The number of carbonyl (C=O) groups excluding carboxylic acids is 1. The molecule has 1 saturated heterocycles. The van der Waals surface area contributed by atoms with Crippen molar-refractivity contribution in [2.45, 2.75) is 44.2 Å². The van der Waals surface area contributed by atoms with E-state index in [4.69, 9.17) is 5.73 Å². The van der Waals surface area contributed by atoms with Gasteiger partial charge in [-0.2, -0.15) is 0 Å². The topological polar surface area (TPSA) is 58.4 Å². The minimum Gasteiger partial charge on any atom is -0.352 e. The SMILES string of the molecule is CN1CCC(NC(=O)C2CCCC(N)C2)C1. The molecule has 2 aliphatic rings. The van der Waals surface area contributed by atoms with E-state index in [0.717, 1.165) is 45.2 Å². The first-order chi connectivity index (χ1) is 7.65. The zero-order valence-corrected chi connectivity index (χ0v) is 10.1. The van der Waals surface area contributed by atoms with E-state index in [1.54, 1.807) is 0 Å². The number of likely N-dealkylation sites (N-methyl/N-ethyl adjacent to an activating group) is 1. The van der Waals surface area contributed by atoms with E-state index in [9.17, 15) is 4.79 Å². The number of nitrogens with two attached hydrogens (primary N) is 1. The molecule has 3 atom stereocenters. The number of nitrogens with zero attached hydrogens (tertiary/aromatic N) is 1. The Morgan fingerprint density at radius 2 is 2.19 bits per heavy atom. The third kappa shape index (κ3) is 2.95. The Morgan fingerprint density at radius 3 is 2.81 bits per heavy atom. The van der Waals surface area contributed by atoms with Gasteiger partial charge in [0.05, 0.1) is 0 Å². The molecule has 3 unspecified atom stereocenters. The van der Waals surface area contributed by atoms with Crippen molar-refractivity contribution >= 4 is 5.91 Å². The van der Waals surface area contributed by atoms with Crippen LogP contribution in [0.25, 0.3) is 0 Å². The van der Waals surface area contributed by atoms with Crippen LogP contribution in [0.15, 0.2) is 0 Å². The molecule has 0 radical (unpaired) electrons. The highest BCUT2D eigenvalue weighted by Crippen LogP contribution is 2.23. The molecule has 0 bridgehead atoms. The van der Waals surface area contributed by atoms with Crippen LogP contribution in [0.5, 0.6) is 0 Å². The summed E-state index contributed by atoms with van der Waals surface area (Å²) >= 11 is 0. The molecular formula is C12H23N3O. The zero-order chi connectivity index (χ0) is 11.5. The fraction of sp³-hybridized carbons (Fsp3) is 0.917. The molecule has 2 rings (SSSR count). The lowest BCUT2D eigenvalue weighted by Crippen LogP contribution is -2.43. The van der Waals surface area contributed by atoms with Crippen LogP contribution >= 0.6 is 0 Å². The Bertz CT molecular complexity index is 257. The van der Waals surface area contributed by atoms with E-state index >= 15 is 0 Å². The van der Waals surface area contributed by atoms with Crippen molar-refractivity contribution in [3.63, 3.8) is 0 Å². The molecule has 0 aromatic rings. The second-order valence-corrected chi connectivity index (χ2v) is 5.38. The molecule has 0 aromatic heterocycles. The molecule has 92 valence electrons. The Labute approximate surface area is 97.6 Å². The number of carbonyl (C=O) groups is 1. The van der Waals surface area contributed by atoms with E-state index in [0.29, 0.717) is 6.04 Å². The van der Waals surface area contributed by atoms with Gasteiger partial charge >= 0.3 is 0 Å². The molecule has 1 heterocycles. The molecule has 4 heteroatoms. The van der Waals surface area contributed by atoms with Gasteiger partial charge < -0.3 is 16.0 Å². The summed E-state index contributed by atoms with van der Waals surface area (Å²) in [5.74, 6) is 0.394. The monoisotopic (exact) mass is 225 g/mol. The molecule has 1 amide bonds. The van der Waals surface area contributed by atoms with Gasteiger partial charge in [0.25, 0.3) is 0 Å². The molecule has 1 aliphatic carbocycles. The van der Waals surface area contributed by atoms with Crippen molar-refractivity contribution in [1.82, 2.24) is 10.2 Å². The Balaban J connectivity index is 1.78. The minimum absolute atomic E-state index is 0.162. The number of hydrogen-bond donors (Lipinski definition) is 2. The van der Waals surface area contributed by atoms with Crippen LogP contribution in [0, 0.1) is 5.92 Å². The Morgan fingerprint density at radius 1 is 1.38 bits per heavy atom. The summed E-state index contributed by atoms with van der Waals surface area (Å²) in [4.78, 5) is 14.3. The zero-order valence-electron chi connectivity index (χ0n) is 10.1. The van der Waals surface area contributed by atoms with E-state index in [-0.39, 0.29) is 17.9 Å². The van der Waals surface area contributed by atoms with E-state index in [1.165, 1.54) is 0 Å². The van der Waals surface area contributed by atoms with Gasteiger partial charge in [0.1, 0.15) is 0 Å². The van der Waals surface area contributed by atoms with Gasteiger partial charge in [-0.15, -0.1) is 0 Å². The molecule has 4 nitrogen and oxygen atoms in total. The average molecular weight is 225 g/mol. The summed E-state index contributed by atoms with van der Waals surface area (Å²) in [6.45, 7) is 2.08. The lowest BCUT2D eigenvalue weighted by atomic mass is 9.85. The number of nitrogens with one attached hydrogen (secondary N) is 1. The van der Waals surface area contributed by atoms with Crippen LogP contribution in [-0.4, -0.2) is 43.0 Å². The van der Waals surface area contributed by atoms with Gasteiger partial charge in [-0.05, 0) is 39.3 Å². The van der Waals surface area contributed by atoms with Crippen molar-refractivity contribution in [2.24, 2.45) is 11.7 Å². The quantitative estimate of drug-likeness (QED) is 0.712. The highest BCUT2D eigenvalue weighted by Gasteiger charge is 2.28. The van der Waals surface area contributed by atoms with Gasteiger partial charge in [-0.25, -0.2) is 0 Å². The normalized spacial score (nSPS) is 36.2. The van der Waals surface area contributed by atoms with Crippen LogP contribution in [0.3, 0.4) is 0 Å². The predicted molar refractivity (Wildman–Crippen MR) is 64.0 cm³/mol. The maximum atomic E-state index is 12.0. The molecule has 16 heavy (non-hydrogen) atoms. The smallest absolute Gasteiger partial charge is 0.223 e. The highest BCUT2D eigenvalue weighted by molar-refractivity contribution is 5.79. The van der Waals surface area contributed by atoms with Crippen molar-refractivity contribution < 1.29 is 4.79 Å². The lowest BCUT2D eigenvalue weighted by Gasteiger charge is -2.26. The maximum Gasteiger partial charge on any atom is 0.223 e. The summed E-state index contributed by atoms with van der Waals surface area (Å²) in [6, 6.07) is 0.589. The Kier molecular flexibility index (Phi) is 3.82. The van der Waals surface area contributed by atoms with Gasteiger partial charge in [0.2, 0.25) is 5.91 Å². The van der Waals surface area contributed by atoms with Crippen molar-refractivity contribution in [1.29, 1.82) is 0 Å². The summed E-state index contributed by atoms with van der Waals surface area (Å²) in [5, 5.41) is 3.16. The molecule has 0 aromatic carbocycles. The number of hydrogen-bond acceptors (Lipinski definition) is 3. The van der Waals surface area contributed by atoms with Crippen LogP contribution in [0.1, 0.15) is 32.1 Å². The molecule has 1 saturated carbocycles. The summed E-state index contributed by atoms with van der Waals surface area (Å²) in [6.07, 6.45) is 5.15. The second-order valence-electron chi connectivity index (χ2n) is 5.38. The Hall–Kier alpha value is -0.610. The predicted octanol–water partition coefficient (Wildman–Crippen LogP) is 0.324. The largest absolute Gasteiger partial charge is 0.352 e. The van der Waals surface area contributed by atoms with Crippen molar-refractivity contribution in [2.75, 3.05) is 20.1 Å². The summed E-state index contributed by atoms with van der Waals surface area (Å²) in [5.41, 5.74) is 5.90. The van der Waals surface area contributed by atoms with E-state index in [1.807, 2.05) is 0 Å². The first-order valence-electron chi connectivity index (χ1n) is 6.39. The fourth-order valence-electron chi connectivity index (χ4n) is 2.84. The molecule has 2 fully saturated rings. The third-order valence-electron chi connectivity index (χ3n) is 3.82. The average Bonchev–Trinajstić information content (AvgIpc) is 2.64. The van der Waals surface area contributed by atoms with Gasteiger partial charge in [0, 0.05) is 24.5 Å². The third-order valence-corrected chi connectivity index (χ3v) is 3.82. The van der Waals surface area contributed by atoms with Crippen LogP contribution < -0.4 is 11.1 Å². The van der Waals surface area contributed by atoms with Crippen molar-refractivity contribution in [3.05, 3.63) is 0 Å². The lowest BCUT2D eigenvalue weighted by molar-refractivity contribution is -0.126. The summed E-state index contributed by atoms with van der Waals surface area (Å²) in [7, 11) is 2.10. The van der Waals surface area contributed by atoms with E-state index in [2.05, 4.69) is 17.3 Å². The number of rotatable bonds is 2. The highest BCUT2D eigenvalue weighted by atomic mass is 16.2. The second kappa shape index (κ2) is 5.15. The van der Waals surface area contributed by atoms with Gasteiger partial charge in [0.15, 0.2) is 0 Å². The van der Waals surface area contributed by atoms with Crippen LogP contribution in [0.2, 0.25) is 0 Å². The first-order valence-corrected chi connectivity index (χ1v) is 6.39. The molecule has 1 aliphatic heterocycles. The molecular weight excluding hydrogens is 202 g/mol. The molecule has 3 N–H and O–H groups in total. The minimum atomic E-state index is 0.162. The number of amides is 1. The van der Waals surface area contributed by atoms with Crippen LogP contribution in [0.4, 0.5) is 0 Å². The molecule has 0 spiro atoms. The first kappa shape index (κ1) is 11.9. The maximum absolute atomic E-state index is 12.0. The fourth-order valence-corrected chi connectivity index (χ4v) is 2.84. The van der Waals surface area contributed by atoms with Gasteiger partial charge in [-0.3, -0.25) is 4.79 Å². The number of likely N-dealkylation sites (tertiary alicyclic amines) is 1. The van der Waals surface area contributed by atoms with Gasteiger partial charge in [-0.1, -0.05) is 6.42 Å². The summed E-state index contributed by atoms with van der Waals surface area (Å²) < 4.78 is 0. The van der Waals surface area contributed by atoms with E-state index < -0.39 is 0 Å².